The first kappa shape index (κ1) is 15.8. The highest BCUT2D eigenvalue weighted by Crippen LogP contribution is 2.23. The molecule has 3 N–H and O–H groups in total. The lowest BCUT2D eigenvalue weighted by molar-refractivity contribution is -0.142. The van der Waals surface area contributed by atoms with Crippen LogP contribution < -0.4 is 5.32 Å². The van der Waals surface area contributed by atoms with E-state index < -0.39 is 17.9 Å². The molecule has 0 spiro atoms. The Balaban J connectivity index is 1.88. The number of carboxylic acid groups (broad SMARTS) is 1. The number of hydrogen-bond donors (Lipinski definition) is 3. The number of aliphatic carboxylic acids is 1. The standard InChI is InChI=1S/C19H18N2O3/c1-12(19(23)24)17(13-5-3-2-4-6-13)21-18(22)15-7-8-16-14(11-15)9-10-20-16/h2-12,17,20H,1H3,(H,21,22)(H,23,24). The van der Waals surface area contributed by atoms with Gasteiger partial charge in [0.2, 0.25) is 0 Å². The number of hydrogen-bond acceptors (Lipinski definition) is 2. The van der Waals surface area contributed by atoms with Gasteiger partial charge in [0.05, 0.1) is 12.0 Å². The lowest BCUT2D eigenvalue weighted by atomic mass is 9.94. The first-order chi connectivity index (χ1) is 11.6. The van der Waals surface area contributed by atoms with Gasteiger partial charge in [-0.3, -0.25) is 9.59 Å². The van der Waals surface area contributed by atoms with Gasteiger partial charge in [-0.15, -0.1) is 0 Å². The predicted molar refractivity (Wildman–Crippen MR) is 91.7 cm³/mol. The number of carbonyl (C=O) groups is 2. The monoisotopic (exact) mass is 322 g/mol. The van der Waals surface area contributed by atoms with E-state index in [0.717, 1.165) is 16.5 Å². The maximum absolute atomic E-state index is 12.6. The van der Waals surface area contributed by atoms with E-state index in [-0.39, 0.29) is 5.91 Å². The van der Waals surface area contributed by atoms with Gasteiger partial charge in [-0.25, -0.2) is 0 Å². The van der Waals surface area contributed by atoms with Crippen LogP contribution in [0.3, 0.4) is 0 Å². The third kappa shape index (κ3) is 3.15. The molecule has 0 aliphatic rings. The van der Waals surface area contributed by atoms with Gasteiger partial charge < -0.3 is 15.4 Å². The highest BCUT2D eigenvalue weighted by atomic mass is 16.4. The van der Waals surface area contributed by atoms with Crippen LogP contribution in [0.1, 0.15) is 28.9 Å². The number of fused-ring (bicyclic) bond motifs is 1. The number of benzene rings is 2. The summed E-state index contributed by atoms with van der Waals surface area (Å²) >= 11 is 0. The molecule has 3 aromatic rings. The van der Waals surface area contributed by atoms with Gasteiger partial charge in [0.25, 0.3) is 5.91 Å². The van der Waals surface area contributed by atoms with Gasteiger partial charge >= 0.3 is 5.97 Å². The Bertz CT molecular complexity index is 870. The van der Waals surface area contributed by atoms with E-state index in [1.165, 1.54) is 0 Å². The van der Waals surface area contributed by atoms with E-state index in [1.807, 2.05) is 48.7 Å². The first-order valence-corrected chi connectivity index (χ1v) is 7.72. The lowest BCUT2D eigenvalue weighted by Crippen LogP contribution is -2.35. The Kier molecular flexibility index (Phi) is 4.33. The van der Waals surface area contributed by atoms with E-state index in [4.69, 9.17) is 0 Å². The van der Waals surface area contributed by atoms with Crippen molar-refractivity contribution in [1.82, 2.24) is 10.3 Å². The van der Waals surface area contributed by atoms with Crippen LogP contribution in [0, 0.1) is 5.92 Å². The fourth-order valence-electron chi connectivity index (χ4n) is 2.72. The molecule has 0 saturated heterocycles. The average molecular weight is 322 g/mol. The SMILES string of the molecule is CC(C(=O)O)C(NC(=O)c1ccc2[nH]ccc2c1)c1ccccc1. The molecule has 0 bridgehead atoms. The smallest absolute Gasteiger partial charge is 0.308 e. The molecule has 0 saturated carbocycles. The van der Waals surface area contributed by atoms with Crippen molar-refractivity contribution in [2.45, 2.75) is 13.0 Å². The summed E-state index contributed by atoms with van der Waals surface area (Å²) in [4.78, 5) is 27.1. The molecular formula is C19H18N2O3. The zero-order valence-corrected chi connectivity index (χ0v) is 13.2. The third-order valence-corrected chi connectivity index (χ3v) is 4.15. The summed E-state index contributed by atoms with van der Waals surface area (Å²) in [6.45, 7) is 1.59. The van der Waals surface area contributed by atoms with Gasteiger partial charge in [-0.2, -0.15) is 0 Å². The molecule has 0 fully saturated rings. The number of carbonyl (C=O) groups excluding carboxylic acids is 1. The highest BCUT2D eigenvalue weighted by Gasteiger charge is 2.27. The summed E-state index contributed by atoms with van der Waals surface area (Å²) in [6.07, 6.45) is 1.81. The molecule has 1 heterocycles. The molecule has 0 radical (unpaired) electrons. The van der Waals surface area contributed by atoms with Gasteiger partial charge in [0.1, 0.15) is 0 Å². The molecule has 2 unspecified atom stereocenters. The summed E-state index contributed by atoms with van der Waals surface area (Å²) in [5.41, 5.74) is 2.22. The van der Waals surface area contributed by atoms with Crippen molar-refractivity contribution >= 4 is 22.8 Å². The van der Waals surface area contributed by atoms with Crippen LogP contribution in [-0.4, -0.2) is 22.0 Å². The highest BCUT2D eigenvalue weighted by molar-refractivity contribution is 5.98. The van der Waals surface area contributed by atoms with E-state index in [1.54, 1.807) is 19.1 Å². The first-order valence-electron chi connectivity index (χ1n) is 7.72. The second kappa shape index (κ2) is 6.58. The normalized spacial score (nSPS) is 13.4. The molecule has 0 aliphatic heterocycles. The minimum Gasteiger partial charge on any atom is -0.481 e. The van der Waals surface area contributed by atoms with Crippen LogP contribution in [0.15, 0.2) is 60.8 Å². The molecule has 5 nitrogen and oxygen atoms in total. The summed E-state index contributed by atoms with van der Waals surface area (Å²) in [5.74, 6) is -1.99. The number of amides is 1. The molecule has 24 heavy (non-hydrogen) atoms. The van der Waals surface area contributed by atoms with Crippen LogP contribution in [0.2, 0.25) is 0 Å². The average Bonchev–Trinajstić information content (AvgIpc) is 3.07. The van der Waals surface area contributed by atoms with Gasteiger partial charge in [0, 0.05) is 22.7 Å². The summed E-state index contributed by atoms with van der Waals surface area (Å²) < 4.78 is 0. The summed E-state index contributed by atoms with van der Waals surface area (Å²) in [5, 5.41) is 13.1. The van der Waals surface area contributed by atoms with Crippen molar-refractivity contribution in [1.29, 1.82) is 0 Å². The van der Waals surface area contributed by atoms with Gasteiger partial charge in [-0.05, 0) is 36.8 Å². The van der Waals surface area contributed by atoms with Gasteiger partial charge in [-0.1, -0.05) is 30.3 Å². The van der Waals surface area contributed by atoms with Crippen LogP contribution in [0.4, 0.5) is 0 Å². The zero-order valence-electron chi connectivity index (χ0n) is 13.2. The van der Waals surface area contributed by atoms with Crippen molar-refractivity contribution in [2.24, 2.45) is 5.92 Å². The van der Waals surface area contributed by atoms with Crippen molar-refractivity contribution in [3.8, 4) is 0 Å². The minimum absolute atomic E-state index is 0.292. The fraction of sp³-hybridized carbons (Fsp3) is 0.158. The molecule has 2 atom stereocenters. The quantitative estimate of drug-likeness (QED) is 0.673. The van der Waals surface area contributed by atoms with Crippen LogP contribution >= 0.6 is 0 Å². The number of rotatable bonds is 5. The van der Waals surface area contributed by atoms with Crippen molar-refractivity contribution < 1.29 is 14.7 Å². The molecule has 122 valence electrons. The molecule has 1 aromatic heterocycles. The van der Waals surface area contributed by atoms with Crippen LogP contribution in [0.25, 0.3) is 10.9 Å². The Hall–Kier alpha value is -3.08. The maximum Gasteiger partial charge on any atom is 0.308 e. The largest absolute Gasteiger partial charge is 0.481 e. The summed E-state index contributed by atoms with van der Waals surface area (Å²) in [7, 11) is 0. The second-order valence-corrected chi connectivity index (χ2v) is 5.77. The number of carboxylic acids is 1. The maximum atomic E-state index is 12.6. The van der Waals surface area contributed by atoms with E-state index in [0.29, 0.717) is 5.56 Å². The molecule has 1 amide bonds. The third-order valence-electron chi connectivity index (χ3n) is 4.15. The van der Waals surface area contributed by atoms with Crippen molar-refractivity contribution in [2.75, 3.05) is 0 Å². The zero-order chi connectivity index (χ0) is 17.1. The molecular weight excluding hydrogens is 304 g/mol. The minimum atomic E-state index is -0.953. The van der Waals surface area contributed by atoms with E-state index in [9.17, 15) is 14.7 Å². The van der Waals surface area contributed by atoms with E-state index in [2.05, 4.69) is 10.3 Å². The van der Waals surface area contributed by atoms with Crippen LogP contribution in [-0.2, 0) is 4.79 Å². The van der Waals surface area contributed by atoms with Crippen LogP contribution in [0.5, 0.6) is 0 Å². The molecule has 3 rings (SSSR count). The number of aromatic amines is 1. The number of H-pyrrole nitrogens is 1. The molecule has 5 heteroatoms. The topological polar surface area (TPSA) is 82.2 Å². The van der Waals surface area contributed by atoms with E-state index >= 15 is 0 Å². The van der Waals surface area contributed by atoms with Crippen molar-refractivity contribution in [3.63, 3.8) is 0 Å². The predicted octanol–water partition coefficient (Wildman–Crippen LogP) is 3.36. The van der Waals surface area contributed by atoms with Crippen molar-refractivity contribution in [3.05, 3.63) is 71.9 Å². The molecule has 2 aromatic carbocycles. The Labute approximate surface area is 139 Å². The Morgan fingerprint density at radius 3 is 2.54 bits per heavy atom. The second-order valence-electron chi connectivity index (χ2n) is 5.77. The Morgan fingerprint density at radius 2 is 1.83 bits per heavy atom. The summed E-state index contributed by atoms with van der Waals surface area (Å²) in [6, 6.07) is 15.8. The molecule has 0 aliphatic carbocycles. The van der Waals surface area contributed by atoms with Gasteiger partial charge in [0.15, 0.2) is 0 Å². The number of nitrogens with one attached hydrogen (secondary N) is 2. The fourth-order valence-corrected chi connectivity index (χ4v) is 2.72. The number of aromatic nitrogens is 1. The lowest BCUT2D eigenvalue weighted by Gasteiger charge is -2.23. The Morgan fingerprint density at radius 1 is 1.08 bits per heavy atom.